The number of aromatic amines is 1. The minimum atomic E-state index is -0.188. The predicted octanol–water partition coefficient (Wildman–Crippen LogP) is 1.64. The average molecular weight is 373 g/mol. The number of aliphatic hydroxyl groups is 1. The van der Waals surface area contributed by atoms with Gasteiger partial charge in [0.05, 0.1) is 23.7 Å². The summed E-state index contributed by atoms with van der Waals surface area (Å²) in [5.74, 6) is -0.188. The SMILES string of the molecule is Cc1c(C(=O)N2CCc3[nH]nc(CO)c3C2)nnn1-c1cccc(Cl)c1. The van der Waals surface area contributed by atoms with E-state index in [0.29, 0.717) is 41.6 Å². The highest BCUT2D eigenvalue weighted by atomic mass is 35.5. The summed E-state index contributed by atoms with van der Waals surface area (Å²) in [7, 11) is 0. The Kier molecular flexibility index (Phi) is 4.21. The molecule has 3 heterocycles. The van der Waals surface area contributed by atoms with Gasteiger partial charge in [0, 0.05) is 35.8 Å². The Hall–Kier alpha value is -2.71. The number of halogens is 1. The Morgan fingerprint density at radius 2 is 2.27 bits per heavy atom. The maximum absolute atomic E-state index is 13.0. The third-order valence-corrected chi connectivity index (χ3v) is 4.84. The van der Waals surface area contributed by atoms with Crippen LogP contribution < -0.4 is 0 Å². The van der Waals surface area contributed by atoms with E-state index in [1.165, 1.54) is 0 Å². The van der Waals surface area contributed by atoms with Crippen molar-refractivity contribution in [2.45, 2.75) is 26.5 Å². The number of benzene rings is 1. The minimum Gasteiger partial charge on any atom is -0.390 e. The van der Waals surface area contributed by atoms with Crippen LogP contribution in [0.5, 0.6) is 0 Å². The number of aliphatic hydroxyl groups excluding tert-OH is 1. The van der Waals surface area contributed by atoms with Crippen LogP contribution in [-0.4, -0.2) is 47.6 Å². The summed E-state index contributed by atoms with van der Waals surface area (Å²) in [6.45, 7) is 2.60. The Labute approximate surface area is 154 Å². The molecule has 0 aliphatic carbocycles. The van der Waals surface area contributed by atoms with E-state index in [4.69, 9.17) is 11.6 Å². The fourth-order valence-corrected chi connectivity index (χ4v) is 3.37. The first-order chi connectivity index (χ1) is 12.6. The second-order valence-corrected chi connectivity index (χ2v) is 6.61. The van der Waals surface area contributed by atoms with E-state index in [-0.39, 0.29) is 12.5 Å². The van der Waals surface area contributed by atoms with Crippen LogP contribution in [-0.2, 0) is 19.6 Å². The molecule has 26 heavy (non-hydrogen) atoms. The number of H-pyrrole nitrogens is 1. The van der Waals surface area contributed by atoms with Crippen LogP contribution in [0, 0.1) is 6.92 Å². The lowest BCUT2D eigenvalue weighted by molar-refractivity contribution is 0.0726. The highest BCUT2D eigenvalue weighted by Crippen LogP contribution is 2.23. The highest BCUT2D eigenvalue weighted by molar-refractivity contribution is 6.30. The normalized spacial score (nSPS) is 13.7. The van der Waals surface area contributed by atoms with Crippen molar-refractivity contribution in [3.8, 4) is 5.69 Å². The molecule has 8 nitrogen and oxygen atoms in total. The van der Waals surface area contributed by atoms with Crippen molar-refractivity contribution >= 4 is 17.5 Å². The summed E-state index contributed by atoms with van der Waals surface area (Å²) >= 11 is 6.04. The highest BCUT2D eigenvalue weighted by Gasteiger charge is 2.28. The Balaban J connectivity index is 1.62. The third-order valence-electron chi connectivity index (χ3n) is 4.61. The van der Waals surface area contributed by atoms with Crippen LogP contribution in [0.15, 0.2) is 24.3 Å². The molecule has 9 heteroatoms. The molecule has 1 aromatic carbocycles. The number of carbonyl (C=O) groups excluding carboxylic acids is 1. The van der Waals surface area contributed by atoms with Crippen LogP contribution >= 0.6 is 11.6 Å². The van der Waals surface area contributed by atoms with E-state index >= 15 is 0 Å². The maximum Gasteiger partial charge on any atom is 0.276 e. The molecule has 2 aromatic heterocycles. The van der Waals surface area contributed by atoms with Crippen LogP contribution in [0.2, 0.25) is 5.02 Å². The van der Waals surface area contributed by atoms with E-state index in [2.05, 4.69) is 20.5 Å². The molecular formula is C17H17ClN6O2. The lowest BCUT2D eigenvalue weighted by Gasteiger charge is -2.26. The molecule has 0 unspecified atom stereocenters. The molecule has 1 aliphatic rings. The Morgan fingerprint density at radius 1 is 1.42 bits per heavy atom. The first-order valence-electron chi connectivity index (χ1n) is 8.22. The van der Waals surface area contributed by atoms with Crippen LogP contribution in [0.4, 0.5) is 0 Å². The number of rotatable bonds is 3. The number of hydrogen-bond acceptors (Lipinski definition) is 5. The van der Waals surface area contributed by atoms with Crippen molar-refractivity contribution in [2.24, 2.45) is 0 Å². The quantitative estimate of drug-likeness (QED) is 0.728. The van der Waals surface area contributed by atoms with E-state index < -0.39 is 0 Å². The van der Waals surface area contributed by atoms with Crippen LogP contribution in [0.1, 0.15) is 33.1 Å². The van der Waals surface area contributed by atoms with Crippen LogP contribution in [0.3, 0.4) is 0 Å². The number of nitrogens with zero attached hydrogens (tertiary/aromatic N) is 5. The number of carbonyl (C=O) groups is 1. The van der Waals surface area contributed by atoms with E-state index in [9.17, 15) is 9.90 Å². The topological polar surface area (TPSA) is 99.9 Å². The molecule has 2 N–H and O–H groups in total. The zero-order valence-corrected chi connectivity index (χ0v) is 14.9. The summed E-state index contributed by atoms with van der Waals surface area (Å²) in [4.78, 5) is 14.7. The van der Waals surface area contributed by atoms with Gasteiger partial charge in [-0.15, -0.1) is 5.10 Å². The van der Waals surface area contributed by atoms with Crippen LogP contribution in [0.25, 0.3) is 5.69 Å². The molecule has 0 atom stereocenters. The van der Waals surface area contributed by atoms with Crippen molar-refractivity contribution < 1.29 is 9.90 Å². The largest absolute Gasteiger partial charge is 0.390 e. The summed E-state index contributed by atoms with van der Waals surface area (Å²) < 4.78 is 1.60. The summed E-state index contributed by atoms with van der Waals surface area (Å²) in [6, 6.07) is 7.22. The molecular weight excluding hydrogens is 356 g/mol. The number of fused-ring (bicyclic) bond motifs is 1. The molecule has 1 amide bonds. The zero-order valence-electron chi connectivity index (χ0n) is 14.1. The minimum absolute atomic E-state index is 0.155. The molecule has 0 spiro atoms. The van der Waals surface area contributed by atoms with Gasteiger partial charge in [-0.3, -0.25) is 9.89 Å². The molecule has 0 saturated carbocycles. The lowest BCUT2D eigenvalue weighted by Crippen LogP contribution is -2.36. The summed E-state index contributed by atoms with van der Waals surface area (Å²) in [6.07, 6.45) is 0.662. The van der Waals surface area contributed by atoms with Gasteiger partial charge in [0.15, 0.2) is 5.69 Å². The second-order valence-electron chi connectivity index (χ2n) is 6.18. The van der Waals surface area contributed by atoms with Crippen molar-refractivity contribution in [1.29, 1.82) is 0 Å². The van der Waals surface area contributed by atoms with Gasteiger partial charge in [-0.1, -0.05) is 22.9 Å². The molecule has 4 rings (SSSR count). The zero-order chi connectivity index (χ0) is 18.3. The van der Waals surface area contributed by atoms with Gasteiger partial charge < -0.3 is 10.0 Å². The fraction of sp³-hybridized carbons (Fsp3) is 0.294. The van der Waals surface area contributed by atoms with Crippen molar-refractivity contribution in [3.05, 3.63) is 57.6 Å². The van der Waals surface area contributed by atoms with Crippen molar-refractivity contribution in [2.75, 3.05) is 6.54 Å². The van der Waals surface area contributed by atoms with Gasteiger partial charge in [0.1, 0.15) is 0 Å². The first kappa shape index (κ1) is 16.7. The van der Waals surface area contributed by atoms with E-state index in [0.717, 1.165) is 16.9 Å². The summed E-state index contributed by atoms with van der Waals surface area (Å²) in [5.41, 5.74) is 4.14. The standard InChI is InChI=1S/C17H17ClN6O2/c1-10-16(21-22-24(10)12-4-2-3-11(18)7-12)17(26)23-6-5-14-13(8-23)15(9-25)20-19-14/h2-4,7,25H,5-6,8-9H2,1H3,(H,19,20). The Bertz CT molecular complexity index is 966. The summed E-state index contributed by atoms with van der Waals surface area (Å²) in [5, 5.41) is 25.2. The molecule has 1 aliphatic heterocycles. The second kappa shape index (κ2) is 6.54. The maximum atomic E-state index is 13.0. The number of aromatic nitrogens is 5. The Morgan fingerprint density at radius 3 is 3.04 bits per heavy atom. The van der Waals surface area contributed by atoms with Crippen molar-refractivity contribution in [3.63, 3.8) is 0 Å². The average Bonchev–Trinajstić information content (AvgIpc) is 3.23. The molecule has 0 fully saturated rings. The van der Waals surface area contributed by atoms with Gasteiger partial charge in [0.2, 0.25) is 0 Å². The molecule has 0 saturated heterocycles. The number of amides is 1. The van der Waals surface area contributed by atoms with E-state index in [1.807, 2.05) is 12.1 Å². The molecule has 134 valence electrons. The smallest absolute Gasteiger partial charge is 0.276 e. The van der Waals surface area contributed by atoms with Crippen molar-refractivity contribution in [1.82, 2.24) is 30.1 Å². The monoisotopic (exact) mass is 372 g/mol. The molecule has 0 bridgehead atoms. The van der Waals surface area contributed by atoms with E-state index in [1.54, 1.807) is 28.6 Å². The molecule has 0 radical (unpaired) electrons. The van der Waals surface area contributed by atoms with Gasteiger partial charge in [-0.2, -0.15) is 5.10 Å². The lowest BCUT2D eigenvalue weighted by atomic mass is 10.0. The van der Waals surface area contributed by atoms with Gasteiger partial charge in [0.25, 0.3) is 5.91 Å². The van der Waals surface area contributed by atoms with Gasteiger partial charge in [-0.25, -0.2) is 4.68 Å². The van der Waals surface area contributed by atoms with Gasteiger partial charge >= 0.3 is 0 Å². The third kappa shape index (κ3) is 2.77. The number of nitrogens with one attached hydrogen (secondary N) is 1. The van der Waals surface area contributed by atoms with Gasteiger partial charge in [-0.05, 0) is 25.1 Å². The fourth-order valence-electron chi connectivity index (χ4n) is 3.19. The number of hydrogen-bond donors (Lipinski definition) is 2. The predicted molar refractivity (Wildman–Crippen MR) is 94.1 cm³/mol. The first-order valence-corrected chi connectivity index (χ1v) is 8.59. The molecule has 3 aromatic rings.